The van der Waals surface area contributed by atoms with Crippen LogP contribution in [-0.2, 0) is 4.74 Å². The Kier molecular flexibility index (Phi) is 3.40. The van der Waals surface area contributed by atoms with E-state index in [-0.39, 0.29) is 12.1 Å². The summed E-state index contributed by atoms with van der Waals surface area (Å²) in [6.07, 6.45) is 2.11. The van der Waals surface area contributed by atoms with Gasteiger partial charge in [-0.2, -0.15) is 0 Å². The number of benzene rings is 1. The molecule has 0 radical (unpaired) electrons. The first-order chi connectivity index (χ1) is 9.65. The molecule has 2 aromatic rings. The van der Waals surface area contributed by atoms with Gasteiger partial charge in [0.1, 0.15) is 0 Å². The van der Waals surface area contributed by atoms with Crippen molar-refractivity contribution < 1.29 is 4.74 Å². The molecule has 0 bridgehead atoms. The Morgan fingerprint density at radius 1 is 1.40 bits per heavy atom. The van der Waals surface area contributed by atoms with Gasteiger partial charge < -0.3 is 10.5 Å². The molecule has 1 aromatic carbocycles. The maximum Gasteiger partial charge on any atom is 0.182 e. The predicted molar refractivity (Wildman–Crippen MR) is 76.1 cm³/mol. The molecular weight excluding hydrogens is 254 g/mol. The summed E-state index contributed by atoms with van der Waals surface area (Å²) in [6, 6.07) is 6.22. The number of nitrogens with zero attached hydrogens (tertiary/aromatic N) is 4. The largest absolute Gasteiger partial charge is 0.398 e. The van der Waals surface area contributed by atoms with Crippen molar-refractivity contribution >= 4 is 5.69 Å². The highest BCUT2D eigenvalue weighted by molar-refractivity contribution is 5.63. The fourth-order valence-electron chi connectivity index (χ4n) is 2.61. The van der Waals surface area contributed by atoms with Crippen molar-refractivity contribution in [1.82, 2.24) is 20.2 Å². The van der Waals surface area contributed by atoms with Gasteiger partial charge in [-0.05, 0) is 48.7 Å². The fourth-order valence-corrected chi connectivity index (χ4v) is 2.61. The summed E-state index contributed by atoms with van der Waals surface area (Å²) >= 11 is 0. The van der Waals surface area contributed by atoms with Crippen LogP contribution in [0.15, 0.2) is 18.2 Å². The first-order valence-corrected chi connectivity index (χ1v) is 6.91. The zero-order valence-electron chi connectivity index (χ0n) is 11.8. The third kappa shape index (κ3) is 2.38. The van der Waals surface area contributed by atoms with Crippen molar-refractivity contribution in [3.8, 4) is 11.4 Å². The summed E-state index contributed by atoms with van der Waals surface area (Å²) in [4.78, 5) is 0. The molecule has 6 nitrogen and oxygen atoms in total. The Balaban J connectivity index is 1.95. The molecule has 6 heteroatoms. The predicted octanol–water partition coefficient (Wildman–Crippen LogP) is 1.97. The number of nitrogen functional groups attached to an aromatic ring is 1. The van der Waals surface area contributed by atoms with Crippen LogP contribution in [-0.4, -0.2) is 32.9 Å². The monoisotopic (exact) mass is 273 g/mol. The van der Waals surface area contributed by atoms with E-state index in [1.165, 1.54) is 0 Å². The Bertz CT molecular complexity index is 609. The van der Waals surface area contributed by atoms with Crippen LogP contribution in [0.4, 0.5) is 5.69 Å². The van der Waals surface area contributed by atoms with E-state index in [2.05, 4.69) is 22.4 Å². The second-order valence-electron chi connectivity index (χ2n) is 5.38. The van der Waals surface area contributed by atoms with Crippen LogP contribution in [0.5, 0.6) is 0 Å². The summed E-state index contributed by atoms with van der Waals surface area (Å²) < 4.78 is 7.49. The standard InChI is InChI=1S/C14H19N5O/c1-9-3-4-11(8-13(9)15)14-16-17-18-19(14)12-5-6-20-10(2)7-12/h3-4,8,10,12H,5-7,15H2,1-2H3. The van der Waals surface area contributed by atoms with Gasteiger partial charge in [-0.1, -0.05) is 12.1 Å². The van der Waals surface area contributed by atoms with Crippen LogP contribution in [0.2, 0.25) is 0 Å². The summed E-state index contributed by atoms with van der Waals surface area (Å²) in [6.45, 7) is 4.82. The molecule has 1 aliphatic rings. The van der Waals surface area contributed by atoms with Crippen molar-refractivity contribution in [2.24, 2.45) is 0 Å². The smallest absolute Gasteiger partial charge is 0.182 e. The SMILES string of the molecule is Cc1ccc(-c2nnnn2C2CCOC(C)C2)cc1N. The molecule has 106 valence electrons. The molecule has 1 fully saturated rings. The van der Waals surface area contributed by atoms with Gasteiger partial charge in [-0.3, -0.25) is 0 Å². The molecule has 1 saturated heterocycles. The molecule has 0 aliphatic carbocycles. The topological polar surface area (TPSA) is 78.8 Å². The van der Waals surface area contributed by atoms with E-state index in [0.717, 1.165) is 42.1 Å². The van der Waals surface area contributed by atoms with Gasteiger partial charge in [0.05, 0.1) is 12.1 Å². The van der Waals surface area contributed by atoms with Crippen LogP contribution in [0.1, 0.15) is 31.4 Å². The molecule has 2 unspecified atom stereocenters. The maximum atomic E-state index is 5.98. The average molecular weight is 273 g/mol. The van der Waals surface area contributed by atoms with E-state index in [1.807, 2.05) is 29.8 Å². The highest BCUT2D eigenvalue weighted by atomic mass is 16.5. The highest BCUT2D eigenvalue weighted by Gasteiger charge is 2.24. The number of anilines is 1. The number of hydrogen-bond acceptors (Lipinski definition) is 5. The Hall–Kier alpha value is -1.95. The number of aromatic nitrogens is 4. The molecule has 0 saturated carbocycles. The van der Waals surface area contributed by atoms with Crippen molar-refractivity contribution in [2.75, 3.05) is 12.3 Å². The Morgan fingerprint density at radius 2 is 2.25 bits per heavy atom. The van der Waals surface area contributed by atoms with Crippen molar-refractivity contribution in [2.45, 2.75) is 38.8 Å². The minimum Gasteiger partial charge on any atom is -0.398 e. The summed E-state index contributed by atoms with van der Waals surface area (Å²) in [5.74, 6) is 0.774. The third-order valence-electron chi connectivity index (χ3n) is 3.83. The maximum absolute atomic E-state index is 5.98. The van der Waals surface area contributed by atoms with Gasteiger partial charge >= 0.3 is 0 Å². The molecule has 2 N–H and O–H groups in total. The lowest BCUT2D eigenvalue weighted by Crippen LogP contribution is -2.26. The summed E-state index contributed by atoms with van der Waals surface area (Å²) in [5, 5.41) is 12.2. The highest BCUT2D eigenvalue weighted by Crippen LogP contribution is 2.29. The second kappa shape index (κ2) is 5.20. The molecule has 2 atom stereocenters. The van der Waals surface area contributed by atoms with E-state index >= 15 is 0 Å². The van der Waals surface area contributed by atoms with Gasteiger partial charge in [-0.25, -0.2) is 4.68 Å². The van der Waals surface area contributed by atoms with Gasteiger partial charge in [0.2, 0.25) is 0 Å². The number of aryl methyl sites for hydroxylation is 1. The van der Waals surface area contributed by atoms with Crippen LogP contribution in [0.3, 0.4) is 0 Å². The average Bonchev–Trinajstić information content (AvgIpc) is 2.91. The molecule has 1 aromatic heterocycles. The normalized spacial score (nSPS) is 22.9. The number of rotatable bonds is 2. The zero-order chi connectivity index (χ0) is 14.1. The van der Waals surface area contributed by atoms with E-state index < -0.39 is 0 Å². The number of ether oxygens (including phenoxy) is 1. The summed E-state index contributed by atoms with van der Waals surface area (Å²) in [5.41, 5.74) is 8.76. The fraction of sp³-hybridized carbons (Fsp3) is 0.500. The van der Waals surface area contributed by atoms with Crippen molar-refractivity contribution in [3.63, 3.8) is 0 Å². The van der Waals surface area contributed by atoms with E-state index in [9.17, 15) is 0 Å². The molecular formula is C14H19N5O. The Morgan fingerprint density at radius 3 is 3.00 bits per heavy atom. The molecule has 20 heavy (non-hydrogen) atoms. The quantitative estimate of drug-likeness (QED) is 0.846. The molecule has 3 rings (SSSR count). The lowest BCUT2D eigenvalue weighted by molar-refractivity contribution is 0.00350. The Labute approximate surface area is 117 Å². The minimum absolute atomic E-state index is 0.244. The first-order valence-electron chi connectivity index (χ1n) is 6.91. The lowest BCUT2D eigenvalue weighted by Gasteiger charge is -2.27. The van der Waals surface area contributed by atoms with E-state index in [0.29, 0.717) is 0 Å². The molecule has 0 amide bonds. The third-order valence-corrected chi connectivity index (χ3v) is 3.83. The minimum atomic E-state index is 0.244. The molecule has 2 heterocycles. The summed E-state index contributed by atoms with van der Waals surface area (Å²) in [7, 11) is 0. The number of hydrogen-bond donors (Lipinski definition) is 1. The van der Waals surface area contributed by atoms with Gasteiger partial charge in [0, 0.05) is 17.9 Å². The van der Waals surface area contributed by atoms with Crippen LogP contribution >= 0.6 is 0 Å². The van der Waals surface area contributed by atoms with Crippen LogP contribution < -0.4 is 5.73 Å². The van der Waals surface area contributed by atoms with E-state index in [4.69, 9.17) is 10.5 Å². The molecule has 1 aliphatic heterocycles. The molecule has 0 spiro atoms. The van der Waals surface area contributed by atoms with Gasteiger partial charge in [0.15, 0.2) is 5.82 Å². The zero-order valence-corrected chi connectivity index (χ0v) is 11.8. The lowest BCUT2D eigenvalue weighted by atomic mass is 10.0. The van der Waals surface area contributed by atoms with Crippen LogP contribution in [0, 0.1) is 6.92 Å². The van der Waals surface area contributed by atoms with Crippen molar-refractivity contribution in [3.05, 3.63) is 23.8 Å². The number of tetrazole rings is 1. The van der Waals surface area contributed by atoms with Crippen molar-refractivity contribution in [1.29, 1.82) is 0 Å². The van der Waals surface area contributed by atoms with Crippen LogP contribution in [0.25, 0.3) is 11.4 Å². The van der Waals surface area contributed by atoms with E-state index in [1.54, 1.807) is 0 Å². The second-order valence-corrected chi connectivity index (χ2v) is 5.38. The first kappa shape index (κ1) is 13.1. The number of nitrogens with two attached hydrogens (primary N) is 1. The van der Waals surface area contributed by atoms with Gasteiger partial charge in [0.25, 0.3) is 0 Å². The van der Waals surface area contributed by atoms with Gasteiger partial charge in [-0.15, -0.1) is 5.10 Å².